The lowest BCUT2D eigenvalue weighted by Gasteiger charge is -2.37. The summed E-state index contributed by atoms with van der Waals surface area (Å²) in [5.41, 5.74) is 3.00. The maximum Gasteiger partial charge on any atom is 0.194 e. The van der Waals surface area contributed by atoms with Crippen LogP contribution in [0.25, 0.3) is 0 Å². The van der Waals surface area contributed by atoms with Gasteiger partial charge in [-0.3, -0.25) is 4.99 Å². The van der Waals surface area contributed by atoms with Crippen molar-refractivity contribution in [3.8, 4) is 11.8 Å². The number of hydrogen-bond donors (Lipinski definition) is 1. The van der Waals surface area contributed by atoms with E-state index in [-0.39, 0.29) is 24.0 Å². The van der Waals surface area contributed by atoms with Crippen molar-refractivity contribution in [2.75, 3.05) is 45.2 Å². The van der Waals surface area contributed by atoms with E-state index in [1.54, 1.807) is 7.11 Å². The normalized spacial score (nSPS) is 14.1. The molecule has 0 atom stereocenters. The molecule has 0 spiro atoms. The van der Waals surface area contributed by atoms with Crippen LogP contribution < -0.4 is 15.0 Å². The van der Waals surface area contributed by atoms with Crippen LogP contribution in [0.2, 0.25) is 0 Å². The fraction of sp³-hybridized carbons (Fsp3) is 0.333. The van der Waals surface area contributed by atoms with Gasteiger partial charge < -0.3 is 19.9 Å². The molecule has 6 nitrogen and oxygen atoms in total. The number of rotatable bonds is 4. The standard InChI is InChI=1S/C21H25N5O.HI/c1-23-21(24-16-18-8-6-17(15-22)7-9-18)26-12-10-25(11-13-26)19-4-3-5-20(14-19)27-2;/h3-9,14H,10-13,16H2,1-2H3,(H,23,24);1H. The molecule has 2 aromatic carbocycles. The highest BCUT2D eigenvalue weighted by atomic mass is 127. The van der Waals surface area contributed by atoms with Crippen molar-refractivity contribution in [3.05, 3.63) is 59.7 Å². The zero-order valence-corrected chi connectivity index (χ0v) is 18.6. The monoisotopic (exact) mass is 491 g/mol. The first-order valence-corrected chi connectivity index (χ1v) is 9.07. The van der Waals surface area contributed by atoms with E-state index in [1.807, 2.05) is 43.4 Å². The van der Waals surface area contributed by atoms with Gasteiger partial charge >= 0.3 is 0 Å². The number of guanidine groups is 1. The minimum absolute atomic E-state index is 0. The third-order valence-electron chi connectivity index (χ3n) is 4.74. The molecule has 0 unspecified atom stereocenters. The Kier molecular flexibility index (Phi) is 8.39. The molecule has 0 aromatic heterocycles. The topological polar surface area (TPSA) is 63.9 Å². The second kappa shape index (κ2) is 10.8. The molecule has 1 heterocycles. The first kappa shape index (κ1) is 21.8. The van der Waals surface area contributed by atoms with Gasteiger partial charge in [-0.1, -0.05) is 18.2 Å². The number of ether oxygens (including phenoxy) is 1. The number of nitrogens with zero attached hydrogens (tertiary/aromatic N) is 4. The Labute approximate surface area is 183 Å². The Balaban J connectivity index is 0.00000280. The molecule has 1 aliphatic heterocycles. The van der Waals surface area contributed by atoms with Crippen molar-refractivity contribution >= 4 is 35.6 Å². The van der Waals surface area contributed by atoms with Gasteiger partial charge in [-0.15, -0.1) is 24.0 Å². The Morgan fingerprint density at radius 3 is 2.46 bits per heavy atom. The van der Waals surface area contributed by atoms with E-state index in [2.05, 4.69) is 38.3 Å². The van der Waals surface area contributed by atoms with Crippen LogP contribution >= 0.6 is 24.0 Å². The molecule has 0 radical (unpaired) electrons. The van der Waals surface area contributed by atoms with Gasteiger partial charge in [-0.25, -0.2) is 0 Å². The van der Waals surface area contributed by atoms with E-state index in [4.69, 9.17) is 10.00 Å². The highest BCUT2D eigenvalue weighted by Crippen LogP contribution is 2.22. The van der Waals surface area contributed by atoms with E-state index in [0.29, 0.717) is 12.1 Å². The zero-order valence-electron chi connectivity index (χ0n) is 16.3. The molecule has 28 heavy (non-hydrogen) atoms. The minimum Gasteiger partial charge on any atom is -0.497 e. The predicted octanol–water partition coefficient (Wildman–Crippen LogP) is 3.08. The molecular weight excluding hydrogens is 465 g/mol. The highest BCUT2D eigenvalue weighted by Gasteiger charge is 2.20. The summed E-state index contributed by atoms with van der Waals surface area (Å²) in [6.07, 6.45) is 0. The van der Waals surface area contributed by atoms with Gasteiger partial charge in [0.25, 0.3) is 0 Å². The number of benzene rings is 2. The van der Waals surface area contributed by atoms with Gasteiger partial charge in [-0.2, -0.15) is 5.26 Å². The third-order valence-corrected chi connectivity index (χ3v) is 4.74. The summed E-state index contributed by atoms with van der Waals surface area (Å²) in [5, 5.41) is 12.3. The quantitative estimate of drug-likeness (QED) is 0.405. The van der Waals surface area contributed by atoms with Crippen LogP contribution in [0.1, 0.15) is 11.1 Å². The lowest BCUT2D eigenvalue weighted by atomic mass is 10.1. The second-order valence-electron chi connectivity index (χ2n) is 6.39. The van der Waals surface area contributed by atoms with Crippen LogP contribution in [0.4, 0.5) is 5.69 Å². The summed E-state index contributed by atoms with van der Waals surface area (Å²) >= 11 is 0. The van der Waals surface area contributed by atoms with Gasteiger partial charge in [-0.05, 0) is 29.8 Å². The number of piperazine rings is 1. The van der Waals surface area contributed by atoms with Crippen molar-refractivity contribution in [2.24, 2.45) is 4.99 Å². The van der Waals surface area contributed by atoms with E-state index in [0.717, 1.165) is 43.5 Å². The molecular formula is C21H26IN5O. The van der Waals surface area contributed by atoms with Crippen molar-refractivity contribution < 1.29 is 4.74 Å². The first-order chi connectivity index (χ1) is 13.2. The molecule has 1 N–H and O–H groups in total. The van der Waals surface area contributed by atoms with Crippen molar-refractivity contribution in [3.63, 3.8) is 0 Å². The van der Waals surface area contributed by atoms with Gasteiger partial charge in [0.05, 0.1) is 18.7 Å². The Hall–Kier alpha value is -2.47. The number of anilines is 1. The predicted molar refractivity (Wildman–Crippen MR) is 124 cm³/mol. The zero-order chi connectivity index (χ0) is 19.1. The van der Waals surface area contributed by atoms with Crippen LogP contribution in [0.3, 0.4) is 0 Å². The van der Waals surface area contributed by atoms with Crippen molar-refractivity contribution in [2.45, 2.75) is 6.54 Å². The highest BCUT2D eigenvalue weighted by molar-refractivity contribution is 14.0. The molecule has 1 saturated heterocycles. The average Bonchev–Trinajstić information content (AvgIpc) is 2.75. The van der Waals surface area contributed by atoms with E-state index in [9.17, 15) is 0 Å². The van der Waals surface area contributed by atoms with E-state index < -0.39 is 0 Å². The molecule has 0 bridgehead atoms. The van der Waals surface area contributed by atoms with Crippen LogP contribution in [0.5, 0.6) is 5.75 Å². The molecule has 148 valence electrons. The van der Waals surface area contributed by atoms with Gasteiger partial charge in [0.1, 0.15) is 5.75 Å². The van der Waals surface area contributed by atoms with Gasteiger partial charge in [0.15, 0.2) is 5.96 Å². The Bertz CT molecular complexity index is 823. The second-order valence-corrected chi connectivity index (χ2v) is 6.39. The maximum absolute atomic E-state index is 8.89. The fourth-order valence-electron chi connectivity index (χ4n) is 3.19. The summed E-state index contributed by atoms with van der Waals surface area (Å²) in [7, 11) is 3.51. The molecule has 2 aromatic rings. The number of methoxy groups -OCH3 is 1. The maximum atomic E-state index is 8.89. The Morgan fingerprint density at radius 1 is 1.14 bits per heavy atom. The Morgan fingerprint density at radius 2 is 1.86 bits per heavy atom. The number of hydrogen-bond acceptors (Lipinski definition) is 4. The van der Waals surface area contributed by atoms with Crippen LogP contribution in [-0.4, -0.2) is 51.2 Å². The fourth-order valence-corrected chi connectivity index (χ4v) is 3.19. The number of aliphatic imine (C=N–C) groups is 1. The summed E-state index contributed by atoms with van der Waals surface area (Å²) in [6, 6.07) is 18.0. The van der Waals surface area contributed by atoms with E-state index in [1.165, 1.54) is 5.69 Å². The summed E-state index contributed by atoms with van der Waals surface area (Å²) in [4.78, 5) is 9.07. The number of halogens is 1. The van der Waals surface area contributed by atoms with Crippen LogP contribution in [0.15, 0.2) is 53.5 Å². The summed E-state index contributed by atoms with van der Waals surface area (Å²) in [5.74, 6) is 1.79. The SMILES string of the molecule is CN=C(NCc1ccc(C#N)cc1)N1CCN(c2cccc(OC)c2)CC1.I. The molecule has 0 saturated carbocycles. The number of nitriles is 1. The average molecular weight is 491 g/mol. The molecule has 1 fully saturated rings. The summed E-state index contributed by atoms with van der Waals surface area (Å²) in [6.45, 7) is 4.37. The van der Waals surface area contributed by atoms with Crippen molar-refractivity contribution in [1.29, 1.82) is 5.26 Å². The molecule has 3 rings (SSSR count). The van der Waals surface area contributed by atoms with Crippen LogP contribution in [0, 0.1) is 11.3 Å². The van der Waals surface area contributed by atoms with E-state index >= 15 is 0 Å². The molecule has 0 amide bonds. The van der Waals surface area contributed by atoms with Crippen LogP contribution in [-0.2, 0) is 6.54 Å². The van der Waals surface area contributed by atoms with Crippen molar-refractivity contribution in [1.82, 2.24) is 10.2 Å². The lowest BCUT2D eigenvalue weighted by Crippen LogP contribution is -2.52. The molecule has 0 aliphatic carbocycles. The molecule has 1 aliphatic rings. The minimum atomic E-state index is 0. The van der Waals surface area contributed by atoms with Gasteiger partial charge in [0.2, 0.25) is 0 Å². The number of nitrogens with one attached hydrogen (secondary N) is 1. The molecule has 7 heteroatoms. The van der Waals surface area contributed by atoms with Gasteiger partial charge in [0, 0.05) is 51.5 Å². The lowest BCUT2D eigenvalue weighted by molar-refractivity contribution is 0.372. The first-order valence-electron chi connectivity index (χ1n) is 9.07. The third kappa shape index (κ3) is 5.52. The largest absolute Gasteiger partial charge is 0.497 e. The summed E-state index contributed by atoms with van der Waals surface area (Å²) < 4.78 is 5.33. The smallest absolute Gasteiger partial charge is 0.194 e.